The predicted molar refractivity (Wildman–Crippen MR) is 121 cm³/mol. The number of aromatic nitrogens is 3. The average Bonchev–Trinajstić information content (AvgIpc) is 3.21. The van der Waals surface area contributed by atoms with Crippen LogP contribution in [0.4, 0.5) is 5.82 Å². The number of thiazole rings is 1. The van der Waals surface area contributed by atoms with Crippen molar-refractivity contribution in [2.45, 2.75) is 26.4 Å². The van der Waals surface area contributed by atoms with Crippen molar-refractivity contribution in [1.82, 2.24) is 20.3 Å². The number of carbonyl (C=O) groups is 1. The maximum Gasteiger partial charge on any atom is 0.251 e. The molecule has 2 heterocycles. The summed E-state index contributed by atoms with van der Waals surface area (Å²) in [5, 5.41) is 16.4. The van der Waals surface area contributed by atoms with E-state index in [0.717, 1.165) is 40.5 Å². The zero-order valence-electron chi connectivity index (χ0n) is 17.9. The Morgan fingerprint density at radius 3 is 2.84 bits per heavy atom. The van der Waals surface area contributed by atoms with Crippen LogP contribution in [-0.2, 0) is 4.74 Å². The summed E-state index contributed by atoms with van der Waals surface area (Å²) in [7, 11) is 1.68. The van der Waals surface area contributed by atoms with Crippen molar-refractivity contribution >= 4 is 23.1 Å². The molecule has 0 radical (unpaired) electrons. The zero-order valence-corrected chi connectivity index (χ0v) is 18.7. The highest BCUT2D eigenvalue weighted by Crippen LogP contribution is 2.22. The minimum Gasteiger partial charge on any atom is -0.386 e. The summed E-state index contributed by atoms with van der Waals surface area (Å²) in [6.45, 7) is 5.25. The highest BCUT2D eigenvalue weighted by Gasteiger charge is 2.17. The van der Waals surface area contributed by atoms with Gasteiger partial charge in [-0.1, -0.05) is 12.1 Å². The number of benzene rings is 1. The Hall–Kier alpha value is -2.88. The van der Waals surface area contributed by atoms with Crippen molar-refractivity contribution in [1.29, 1.82) is 0 Å². The molecule has 0 saturated heterocycles. The molecule has 3 aromatic rings. The zero-order chi connectivity index (χ0) is 22.2. The van der Waals surface area contributed by atoms with Crippen molar-refractivity contribution < 1.29 is 14.6 Å². The first-order chi connectivity index (χ1) is 15.0. The first-order valence-electron chi connectivity index (χ1n) is 10.0. The van der Waals surface area contributed by atoms with E-state index in [2.05, 4.69) is 25.6 Å². The fraction of sp³-hybridized carbons (Fsp3) is 0.364. The number of aryl methyl sites for hydroxylation is 2. The SMILES string of the molecule is COCCCNc1ccnc(-c2ccc(C)c(C(=O)NC[C@@H](O)c3scnc3C)c2)n1. The van der Waals surface area contributed by atoms with Gasteiger partial charge in [0.05, 0.1) is 16.1 Å². The Labute approximate surface area is 185 Å². The molecule has 0 saturated carbocycles. The fourth-order valence-corrected chi connectivity index (χ4v) is 3.83. The number of aliphatic hydroxyl groups excluding tert-OH is 1. The topological polar surface area (TPSA) is 109 Å². The Morgan fingerprint density at radius 2 is 2.10 bits per heavy atom. The third-order valence-corrected chi connectivity index (χ3v) is 5.80. The summed E-state index contributed by atoms with van der Waals surface area (Å²) in [5.41, 5.74) is 4.56. The van der Waals surface area contributed by atoms with Gasteiger partial charge in [-0.15, -0.1) is 11.3 Å². The Bertz CT molecular complexity index is 1020. The molecular weight excluding hydrogens is 414 g/mol. The van der Waals surface area contributed by atoms with E-state index in [1.807, 2.05) is 26.0 Å². The molecule has 2 aromatic heterocycles. The van der Waals surface area contributed by atoms with Crippen LogP contribution >= 0.6 is 11.3 Å². The predicted octanol–water partition coefficient (Wildman–Crippen LogP) is 3.13. The Morgan fingerprint density at radius 1 is 1.26 bits per heavy atom. The third kappa shape index (κ3) is 6.06. The molecule has 1 aromatic carbocycles. The standard InChI is InChI=1S/C22H27N5O3S/c1-14-5-6-16(21-24-9-7-19(27-21)23-8-4-10-30-3)11-17(14)22(29)25-12-18(28)20-15(2)26-13-31-20/h5-7,9,11,13,18,28H,4,8,10,12H2,1-3H3,(H,25,29)(H,23,24,27)/t18-/m1/s1. The van der Waals surface area contributed by atoms with Gasteiger partial charge >= 0.3 is 0 Å². The van der Waals surface area contributed by atoms with Crippen molar-refractivity contribution in [3.8, 4) is 11.4 Å². The van der Waals surface area contributed by atoms with E-state index in [1.165, 1.54) is 11.3 Å². The monoisotopic (exact) mass is 441 g/mol. The van der Waals surface area contributed by atoms with Crippen LogP contribution in [0.2, 0.25) is 0 Å². The van der Waals surface area contributed by atoms with Crippen molar-refractivity contribution in [2.24, 2.45) is 0 Å². The summed E-state index contributed by atoms with van der Waals surface area (Å²) >= 11 is 1.38. The number of hydrogen-bond acceptors (Lipinski definition) is 8. The molecule has 0 spiro atoms. The van der Waals surface area contributed by atoms with Crippen LogP contribution in [-0.4, -0.2) is 52.8 Å². The molecule has 3 N–H and O–H groups in total. The number of rotatable bonds is 10. The minimum atomic E-state index is -0.788. The summed E-state index contributed by atoms with van der Waals surface area (Å²) in [6, 6.07) is 7.35. The number of ether oxygens (including phenoxy) is 1. The highest BCUT2D eigenvalue weighted by atomic mass is 32.1. The maximum absolute atomic E-state index is 12.8. The van der Waals surface area contributed by atoms with Crippen LogP contribution in [0.15, 0.2) is 36.0 Å². The Kier molecular flexibility index (Phi) is 8.05. The molecule has 31 heavy (non-hydrogen) atoms. The summed E-state index contributed by atoms with van der Waals surface area (Å²) in [5.74, 6) is 0.997. The molecule has 1 amide bonds. The lowest BCUT2D eigenvalue weighted by atomic mass is 10.0. The molecule has 0 aliphatic rings. The van der Waals surface area contributed by atoms with Gasteiger partial charge in [-0.2, -0.15) is 0 Å². The van der Waals surface area contributed by atoms with Crippen molar-refractivity contribution in [3.05, 3.63) is 57.7 Å². The third-order valence-electron chi connectivity index (χ3n) is 4.77. The van der Waals surface area contributed by atoms with Gasteiger partial charge in [0.1, 0.15) is 11.9 Å². The first kappa shape index (κ1) is 22.8. The van der Waals surface area contributed by atoms with Gasteiger partial charge in [-0.3, -0.25) is 4.79 Å². The molecule has 0 bridgehead atoms. The number of methoxy groups -OCH3 is 1. The smallest absolute Gasteiger partial charge is 0.251 e. The molecule has 0 unspecified atom stereocenters. The maximum atomic E-state index is 12.8. The van der Waals surface area contributed by atoms with Crippen LogP contribution < -0.4 is 10.6 Å². The number of amides is 1. The number of carbonyl (C=O) groups excluding carboxylic acids is 1. The molecular formula is C22H27N5O3S. The van der Waals surface area contributed by atoms with E-state index in [4.69, 9.17) is 4.74 Å². The fourth-order valence-electron chi connectivity index (χ4n) is 3.04. The number of hydrogen-bond donors (Lipinski definition) is 3. The number of nitrogens with zero attached hydrogens (tertiary/aromatic N) is 3. The van der Waals surface area contributed by atoms with Crippen LogP contribution in [0.3, 0.4) is 0 Å². The van der Waals surface area contributed by atoms with E-state index >= 15 is 0 Å². The lowest BCUT2D eigenvalue weighted by Gasteiger charge is -2.13. The van der Waals surface area contributed by atoms with Crippen LogP contribution in [0.25, 0.3) is 11.4 Å². The van der Waals surface area contributed by atoms with Crippen molar-refractivity contribution in [3.63, 3.8) is 0 Å². The first-order valence-corrected chi connectivity index (χ1v) is 10.9. The van der Waals surface area contributed by atoms with Crippen molar-refractivity contribution in [2.75, 3.05) is 32.1 Å². The van der Waals surface area contributed by atoms with E-state index in [0.29, 0.717) is 18.0 Å². The van der Waals surface area contributed by atoms with E-state index in [1.54, 1.807) is 30.9 Å². The normalized spacial score (nSPS) is 11.9. The summed E-state index contributed by atoms with van der Waals surface area (Å²) < 4.78 is 5.05. The molecule has 1 atom stereocenters. The van der Waals surface area contributed by atoms with E-state index in [9.17, 15) is 9.90 Å². The lowest BCUT2D eigenvalue weighted by Crippen LogP contribution is -2.29. The van der Waals surface area contributed by atoms with Crippen LogP contribution in [0, 0.1) is 13.8 Å². The lowest BCUT2D eigenvalue weighted by molar-refractivity contribution is 0.0917. The molecule has 8 nitrogen and oxygen atoms in total. The molecule has 9 heteroatoms. The minimum absolute atomic E-state index is 0.114. The second-order valence-electron chi connectivity index (χ2n) is 7.10. The number of aliphatic hydroxyl groups is 1. The van der Waals surface area contributed by atoms with Gasteiger partial charge in [0.25, 0.3) is 5.91 Å². The average molecular weight is 442 g/mol. The van der Waals surface area contributed by atoms with Gasteiger partial charge in [-0.25, -0.2) is 15.0 Å². The molecule has 164 valence electrons. The summed E-state index contributed by atoms with van der Waals surface area (Å²) in [6.07, 6.45) is 1.77. The van der Waals surface area contributed by atoms with E-state index in [-0.39, 0.29) is 12.5 Å². The van der Waals surface area contributed by atoms with Crippen LogP contribution in [0.1, 0.15) is 39.0 Å². The van der Waals surface area contributed by atoms with Gasteiger partial charge in [-0.05, 0) is 38.0 Å². The quantitative estimate of drug-likeness (QED) is 0.415. The molecule has 0 aliphatic heterocycles. The van der Waals surface area contributed by atoms with E-state index < -0.39 is 6.10 Å². The van der Waals surface area contributed by atoms with Gasteiger partial charge < -0.3 is 20.5 Å². The second-order valence-corrected chi connectivity index (χ2v) is 7.98. The van der Waals surface area contributed by atoms with Gasteiger partial charge in [0, 0.05) is 44.1 Å². The largest absolute Gasteiger partial charge is 0.386 e. The Balaban J connectivity index is 1.69. The summed E-state index contributed by atoms with van der Waals surface area (Å²) in [4.78, 5) is 26.6. The highest BCUT2D eigenvalue weighted by molar-refractivity contribution is 7.09. The van der Waals surface area contributed by atoms with Gasteiger partial charge in [0.2, 0.25) is 0 Å². The number of anilines is 1. The van der Waals surface area contributed by atoms with Crippen LogP contribution in [0.5, 0.6) is 0 Å². The number of nitrogens with one attached hydrogen (secondary N) is 2. The molecule has 3 rings (SSSR count). The van der Waals surface area contributed by atoms with Gasteiger partial charge in [0.15, 0.2) is 5.82 Å². The molecule has 0 fully saturated rings. The molecule has 0 aliphatic carbocycles. The second kappa shape index (κ2) is 10.9.